The Labute approximate surface area is 138 Å². The Balaban J connectivity index is 1.54. The van der Waals surface area contributed by atoms with Gasteiger partial charge in [0.1, 0.15) is 5.82 Å². The van der Waals surface area contributed by atoms with E-state index < -0.39 is 0 Å². The van der Waals surface area contributed by atoms with Gasteiger partial charge in [0.2, 0.25) is 5.91 Å². The van der Waals surface area contributed by atoms with Crippen LogP contribution < -0.4 is 0 Å². The Kier molecular flexibility index (Phi) is 5.67. The molecule has 1 N–H and O–H groups in total. The Morgan fingerprint density at radius 1 is 1.48 bits per heavy atom. The molecule has 0 aliphatic carbocycles. The van der Waals surface area contributed by atoms with E-state index in [0.717, 1.165) is 58.1 Å². The first kappa shape index (κ1) is 16.5. The average Bonchev–Trinajstić information content (AvgIpc) is 3.14. The van der Waals surface area contributed by atoms with Crippen LogP contribution in [-0.2, 0) is 9.53 Å². The van der Waals surface area contributed by atoms with Crippen molar-refractivity contribution in [3.8, 4) is 0 Å². The molecular weight excluding hydrogens is 292 g/mol. The monoisotopic (exact) mass is 320 g/mol. The van der Waals surface area contributed by atoms with Gasteiger partial charge in [0.15, 0.2) is 0 Å². The summed E-state index contributed by atoms with van der Waals surface area (Å²) in [5.41, 5.74) is 0. The Morgan fingerprint density at radius 2 is 2.39 bits per heavy atom. The van der Waals surface area contributed by atoms with Crippen LogP contribution in [0.2, 0.25) is 0 Å². The van der Waals surface area contributed by atoms with Crippen molar-refractivity contribution in [2.45, 2.75) is 38.6 Å². The first-order valence-corrected chi connectivity index (χ1v) is 8.86. The fourth-order valence-corrected chi connectivity index (χ4v) is 3.67. The van der Waals surface area contributed by atoms with E-state index in [1.807, 2.05) is 11.1 Å². The number of nitrogens with one attached hydrogen (secondary N) is 1. The number of hydrogen-bond acceptors (Lipinski definition) is 4. The highest BCUT2D eigenvalue weighted by Crippen LogP contribution is 2.24. The molecular formula is C17H28N4O2. The number of imidazole rings is 1. The van der Waals surface area contributed by atoms with Crippen molar-refractivity contribution in [1.29, 1.82) is 0 Å². The molecule has 1 aromatic heterocycles. The number of piperazine rings is 1. The normalized spacial score (nSPS) is 26.4. The van der Waals surface area contributed by atoms with Gasteiger partial charge in [-0.3, -0.25) is 9.69 Å². The van der Waals surface area contributed by atoms with Crippen LogP contribution in [0.4, 0.5) is 0 Å². The molecule has 0 radical (unpaired) electrons. The van der Waals surface area contributed by atoms with Crippen molar-refractivity contribution in [1.82, 2.24) is 19.8 Å². The van der Waals surface area contributed by atoms with Gasteiger partial charge in [-0.05, 0) is 31.7 Å². The Bertz CT molecular complexity index is 485. The number of carbonyl (C=O) groups is 1. The third-order valence-electron chi connectivity index (χ3n) is 5.11. The first-order valence-electron chi connectivity index (χ1n) is 8.86. The summed E-state index contributed by atoms with van der Waals surface area (Å²) in [5, 5.41) is 0. The van der Waals surface area contributed by atoms with Crippen molar-refractivity contribution in [3.05, 3.63) is 18.2 Å². The molecule has 2 atom stereocenters. The molecule has 2 saturated heterocycles. The van der Waals surface area contributed by atoms with Gasteiger partial charge < -0.3 is 14.6 Å². The van der Waals surface area contributed by atoms with Gasteiger partial charge in [0.05, 0.1) is 6.04 Å². The number of carbonyl (C=O) groups excluding carboxylic acids is 1. The van der Waals surface area contributed by atoms with Gasteiger partial charge in [0.25, 0.3) is 0 Å². The van der Waals surface area contributed by atoms with Crippen LogP contribution >= 0.6 is 0 Å². The number of aromatic amines is 1. The molecule has 0 aromatic carbocycles. The molecule has 0 saturated carbocycles. The van der Waals surface area contributed by atoms with E-state index in [0.29, 0.717) is 12.3 Å². The quantitative estimate of drug-likeness (QED) is 0.899. The number of hydrogen-bond donors (Lipinski definition) is 1. The van der Waals surface area contributed by atoms with Crippen molar-refractivity contribution in [2.24, 2.45) is 5.92 Å². The summed E-state index contributed by atoms with van der Waals surface area (Å²) in [6.45, 7) is 7.33. The number of amides is 1. The summed E-state index contributed by atoms with van der Waals surface area (Å²) in [7, 11) is 0. The summed E-state index contributed by atoms with van der Waals surface area (Å²) in [6.07, 6.45) is 7.57. The van der Waals surface area contributed by atoms with Crippen LogP contribution in [0, 0.1) is 5.92 Å². The van der Waals surface area contributed by atoms with E-state index in [9.17, 15) is 4.79 Å². The minimum absolute atomic E-state index is 0.186. The van der Waals surface area contributed by atoms with Crippen LogP contribution in [0.25, 0.3) is 0 Å². The Hall–Kier alpha value is -1.40. The lowest BCUT2D eigenvalue weighted by atomic mass is 9.96. The molecule has 1 amide bonds. The van der Waals surface area contributed by atoms with E-state index in [-0.39, 0.29) is 11.9 Å². The summed E-state index contributed by atoms with van der Waals surface area (Å²) in [5.74, 6) is 1.80. The second kappa shape index (κ2) is 7.93. The second-order valence-electron chi connectivity index (χ2n) is 6.58. The maximum atomic E-state index is 12.6. The largest absolute Gasteiger partial charge is 0.381 e. The van der Waals surface area contributed by atoms with E-state index in [1.165, 1.54) is 6.42 Å². The van der Waals surface area contributed by atoms with Crippen molar-refractivity contribution in [2.75, 3.05) is 39.4 Å². The minimum atomic E-state index is 0.186. The van der Waals surface area contributed by atoms with Gasteiger partial charge in [-0.1, -0.05) is 6.92 Å². The SMILES string of the molecule is CCN1CCN(C(=O)CC[C@H]2CCCOC2)C[C@@H]1c1ncc[nH]1. The van der Waals surface area contributed by atoms with Crippen LogP contribution in [0.1, 0.15) is 44.5 Å². The molecule has 2 aliphatic rings. The molecule has 1 aromatic rings. The molecule has 3 heterocycles. The first-order chi connectivity index (χ1) is 11.3. The lowest BCUT2D eigenvalue weighted by Crippen LogP contribution is -2.50. The molecule has 0 bridgehead atoms. The zero-order valence-corrected chi connectivity index (χ0v) is 14.0. The Morgan fingerprint density at radius 3 is 3.09 bits per heavy atom. The second-order valence-corrected chi connectivity index (χ2v) is 6.58. The lowest BCUT2D eigenvalue weighted by molar-refractivity contribution is -0.134. The number of ether oxygens (including phenoxy) is 1. The summed E-state index contributed by atoms with van der Waals surface area (Å²) in [4.78, 5) is 24.6. The van der Waals surface area contributed by atoms with Crippen LogP contribution in [0.5, 0.6) is 0 Å². The molecule has 0 unspecified atom stereocenters. The van der Waals surface area contributed by atoms with Crippen molar-refractivity contribution >= 4 is 5.91 Å². The fourth-order valence-electron chi connectivity index (χ4n) is 3.67. The van der Waals surface area contributed by atoms with Crippen LogP contribution in [0.3, 0.4) is 0 Å². The van der Waals surface area contributed by atoms with Crippen molar-refractivity contribution < 1.29 is 9.53 Å². The number of nitrogens with zero attached hydrogens (tertiary/aromatic N) is 3. The zero-order chi connectivity index (χ0) is 16.1. The van der Waals surface area contributed by atoms with E-state index >= 15 is 0 Å². The third kappa shape index (κ3) is 4.12. The topological polar surface area (TPSA) is 61.5 Å². The number of aromatic nitrogens is 2. The summed E-state index contributed by atoms with van der Waals surface area (Å²) < 4.78 is 5.51. The zero-order valence-electron chi connectivity index (χ0n) is 14.0. The molecule has 6 nitrogen and oxygen atoms in total. The molecule has 3 rings (SSSR count). The predicted octanol–water partition coefficient (Wildman–Crippen LogP) is 1.82. The van der Waals surface area contributed by atoms with E-state index in [4.69, 9.17) is 4.74 Å². The van der Waals surface area contributed by atoms with Crippen LogP contribution in [0.15, 0.2) is 12.4 Å². The number of rotatable bonds is 5. The number of likely N-dealkylation sites (N-methyl/N-ethyl adjacent to an activating group) is 1. The predicted molar refractivity (Wildman–Crippen MR) is 87.9 cm³/mol. The van der Waals surface area contributed by atoms with Gasteiger partial charge in [-0.15, -0.1) is 0 Å². The highest BCUT2D eigenvalue weighted by Gasteiger charge is 2.31. The molecule has 6 heteroatoms. The van der Waals surface area contributed by atoms with E-state index in [2.05, 4.69) is 21.8 Å². The average molecular weight is 320 g/mol. The van der Waals surface area contributed by atoms with Crippen LogP contribution in [-0.4, -0.2) is 65.1 Å². The van der Waals surface area contributed by atoms with Gasteiger partial charge >= 0.3 is 0 Å². The highest BCUT2D eigenvalue weighted by atomic mass is 16.5. The third-order valence-corrected chi connectivity index (χ3v) is 5.11. The minimum Gasteiger partial charge on any atom is -0.381 e. The maximum Gasteiger partial charge on any atom is 0.222 e. The van der Waals surface area contributed by atoms with Gasteiger partial charge in [-0.2, -0.15) is 0 Å². The van der Waals surface area contributed by atoms with E-state index in [1.54, 1.807) is 6.20 Å². The van der Waals surface area contributed by atoms with Gasteiger partial charge in [-0.25, -0.2) is 4.98 Å². The number of H-pyrrole nitrogens is 1. The van der Waals surface area contributed by atoms with Gasteiger partial charge in [0, 0.05) is 51.7 Å². The molecule has 23 heavy (non-hydrogen) atoms. The lowest BCUT2D eigenvalue weighted by Gasteiger charge is -2.40. The standard InChI is InChI=1S/C17H28N4O2/c1-2-20-9-10-21(12-15(20)17-18-7-8-19-17)16(22)6-5-14-4-3-11-23-13-14/h7-8,14-15H,2-6,9-13H2,1H3,(H,18,19)/t14-,15-/m1/s1. The maximum absolute atomic E-state index is 12.6. The smallest absolute Gasteiger partial charge is 0.222 e. The molecule has 0 spiro atoms. The summed E-state index contributed by atoms with van der Waals surface area (Å²) >= 11 is 0. The molecule has 2 aliphatic heterocycles. The molecule has 2 fully saturated rings. The summed E-state index contributed by atoms with van der Waals surface area (Å²) in [6, 6.07) is 0.186. The molecule has 128 valence electrons. The highest BCUT2D eigenvalue weighted by molar-refractivity contribution is 5.76. The fraction of sp³-hybridized carbons (Fsp3) is 0.765. The van der Waals surface area contributed by atoms with Crippen molar-refractivity contribution in [3.63, 3.8) is 0 Å².